The lowest BCUT2D eigenvalue weighted by Gasteiger charge is -2.38. The number of fused-ring (bicyclic) bond motifs is 2. The van der Waals surface area contributed by atoms with Crippen LogP contribution in [-0.2, 0) is 5.41 Å². The number of hydrogen-bond acceptors (Lipinski definition) is 4. The third-order valence-electron chi connectivity index (χ3n) is 9.95. The summed E-state index contributed by atoms with van der Waals surface area (Å²) in [5.74, 6) is 7.43. The van der Waals surface area contributed by atoms with Gasteiger partial charge in [0.25, 0.3) is 23.6 Å². The third kappa shape index (κ3) is 6.51. The minimum absolute atomic E-state index is 0.00403. The van der Waals surface area contributed by atoms with Crippen LogP contribution in [0.15, 0.2) is 146 Å². The first-order valence-corrected chi connectivity index (χ1v) is 17.7. The maximum atomic E-state index is 15.4. The van der Waals surface area contributed by atoms with Crippen molar-refractivity contribution in [2.24, 2.45) is 0 Å². The van der Waals surface area contributed by atoms with Crippen LogP contribution >= 0.6 is 0 Å². The van der Waals surface area contributed by atoms with Crippen molar-refractivity contribution in [3.63, 3.8) is 0 Å². The molecule has 8 rings (SSSR count). The molecule has 6 aromatic rings. The van der Waals surface area contributed by atoms with Gasteiger partial charge >= 0.3 is 12.4 Å². The Labute approximate surface area is 332 Å². The van der Waals surface area contributed by atoms with Crippen LogP contribution in [0.2, 0.25) is 0 Å². The Hall–Kier alpha value is -7.70. The molecule has 288 valence electrons. The molecule has 0 unspecified atom stereocenters. The number of carbonyl (C=O) groups excluding carboxylic acids is 4. The lowest BCUT2D eigenvalue weighted by molar-refractivity contribution is -0.288. The lowest BCUT2D eigenvalue weighted by atomic mass is 9.71. The highest BCUT2D eigenvalue weighted by molar-refractivity contribution is 6.35. The molecule has 0 atom stereocenters. The molecule has 4 amide bonds. The van der Waals surface area contributed by atoms with Crippen molar-refractivity contribution in [1.82, 2.24) is 0 Å². The monoisotopic (exact) mass is 794 g/mol. The van der Waals surface area contributed by atoms with Crippen molar-refractivity contribution in [3.05, 3.63) is 201 Å². The summed E-state index contributed by atoms with van der Waals surface area (Å²) in [6.45, 7) is 0. The molecule has 2 heterocycles. The highest BCUT2D eigenvalue weighted by Crippen LogP contribution is 2.57. The molecule has 0 bridgehead atoms. The van der Waals surface area contributed by atoms with E-state index in [0.717, 1.165) is 12.1 Å². The smallest absolute Gasteiger partial charge is 0.268 e. The van der Waals surface area contributed by atoms with E-state index >= 15 is 26.3 Å². The van der Waals surface area contributed by atoms with Gasteiger partial charge in [0.15, 0.2) is 0 Å². The van der Waals surface area contributed by atoms with Crippen LogP contribution in [0.5, 0.6) is 0 Å². The van der Waals surface area contributed by atoms with Crippen molar-refractivity contribution in [1.29, 1.82) is 0 Å². The summed E-state index contributed by atoms with van der Waals surface area (Å²) in [7, 11) is 0. The van der Waals surface area contributed by atoms with Crippen LogP contribution in [0, 0.1) is 23.7 Å². The zero-order valence-electron chi connectivity index (χ0n) is 30.2. The number of halogens is 6. The number of carbonyl (C=O) groups is 4. The molecule has 0 aromatic heterocycles. The summed E-state index contributed by atoms with van der Waals surface area (Å²) in [5, 5.41) is 0. The van der Waals surface area contributed by atoms with E-state index in [1.54, 1.807) is 72.8 Å². The second-order valence-corrected chi connectivity index (χ2v) is 13.5. The van der Waals surface area contributed by atoms with Gasteiger partial charge in [-0.05, 0) is 96.1 Å². The number of alkyl halides is 6. The zero-order valence-corrected chi connectivity index (χ0v) is 30.2. The van der Waals surface area contributed by atoms with Gasteiger partial charge in [-0.1, -0.05) is 84.3 Å². The van der Waals surface area contributed by atoms with Gasteiger partial charge in [0.05, 0.1) is 33.6 Å². The molecule has 0 saturated heterocycles. The van der Waals surface area contributed by atoms with Gasteiger partial charge in [-0.15, -0.1) is 0 Å². The van der Waals surface area contributed by atoms with E-state index < -0.39 is 74.8 Å². The summed E-state index contributed by atoms with van der Waals surface area (Å²) < 4.78 is 92.3. The normalized spacial score (nSPS) is 13.7. The fourth-order valence-electron chi connectivity index (χ4n) is 7.18. The Morgan fingerprint density at radius 3 is 1.07 bits per heavy atom. The Kier molecular flexibility index (Phi) is 9.29. The Morgan fingerprint density at radius 2 is 0.695 bits per heavy atom. The SMILES string of the molecule is O=C1c2ccc(C(c3ccc4c(c3)C(=O)N(c3cccc(C#Cc5ccccc5)c3)C4=O)(C(F)(F)F)C(F)(F)F)cc2C(=O)N1c1cccc(C#Cc2ccccc2)c1. The fourth-order valence-corrected chi connectivity index (χ4v) is 7.18. The number of hydrogen-bond donors (Lipinski definition) is 0. The molecule has 0 saturated carbocycles. The van der Waals surface area contributed by atoms with E-state index in [-0.39, 0.29) is 11.4 Å². The minimum atomic E-state index is -6.12. The van der Waals surface area contributed by atoms with Crippen molar-refractivity contribution in [2.75, 3.05) is 9.80 Å². The Morgan fingerprint density at radius 1 is 0.356 bits per heavy atom. The van der Waals surface area contributed by atoms with Gasteiger partial charge in [-0.2, -0.15) is 26.3 Å². The molecule has 6 aromatic carbocycles. The summed E-state index contributed by atoms with van der Waals surface area (Å²) in [6.07, 6.45) is -12.2. The molecular formula is C47H24F6N2O4. The van der Waals surface area contributed by atoms with Crippen LogP contribution in [0.25, 0.3) is 0 Å². The second-order valence-electron chi connectivity index (χ2n) is 13.5. The Balaban J connectivity index is 1.17. The average molecular weight is 795 g/mol. The number of imide groups is 2. The summed E-state index contributed by atoms with van der Waals surface area (Å²) in [5.41, 5.74) is -7.80. The largest absolute Gasteiger partial charge is 0.411 e. The van der Waals surface area contributed by atoms with Crippen LogP contribution in [0.1, 0.15) is 74.8 Å². The van der Waals surface area contributed by atoms with Gasteiger partial charge in [0, 0.05) is 22.3 Å². The number of amides is 4. The number of rotatable bonds is 4. The molecule has 59 heavy (non-hydrogen) atoms. The summed E-state index contributed by atoms with van der Waals surface area (Å²) in [6, 6.07) is 32.8. The van der Waals surface area contributed by atoms with E-state index in [9.17, 15) is 19.2 Å². The molecule has 0 aliphatic carbocycles. The van der Waals surface area contributed by atoms with E-state index in [0.29, 0.717) is 56.3 Å². The van der Waals surface area contributed by atoms with Crippen LogP contribution in [0.4, 0.5) is 37.7 Å². The maximum Gasteiger partial charge on any atom is 0.411 e. The van der Waals surface area contributed by atoms with Crippen molar-refractivity contribution in [2.45, 2.75) is 17.8 Å². The minimum Gasteiger partial charge on any atom is -0.268 e. The highest BCUT2D eigenvalue weighted by atomic mass is 19.4. The van der Waals surface area contributed by atoms with E-state index in [4.69, 9.17) is 0 Å². The predicted octanol–water partition coefficient (Wildman–Crippen LogP) is 9.50. The predicted molar refractivity (Wildman–Crippen MR) is 206 cm³/mol. The quantitative estimate of drug-likeness (QED) is 0.101. The summed E-state index contributed by atoms with van der Waals surface area (Å²) >= 11 is 0. The Bertz CT molecular complexity index is 2670. The second kappa shape index (κ2) is 14.4. The summed E-state index contributed by atoms with van der Waals surface area (Å²) in [4.78, 5) is 55.9. The number of nitrogens with zero attached hydrogens (tertiary/aromatic N) is 2. The molecule has 0 radical (unpaired) electrons. The van der Waals surface area contributed by atoms with Crippen LogP contribution < -0.4 is 9.80 Å². The van der Waals surface area contributed by atoms with Crippen molar-refractivity contribution in [3.8, 4) is 23.7 Å². The molecule has 6 nitrogen and oxygen atoms in total. The lowest BCUT2D eigenvalue weighted by Crippen LogP contribution is -2.55. The van der Waals surface area contributed by atoms with Crippen LogP contribution in [-0.4, -0.2) is 36.0 Å². The fraction of sp³-hybridized carbons (Fsp3) is 0.0638. The molecule has 2 aliphatic rings. The molecule has 0 spiro atoms. The van der Waals surface area contributed by atoms with Gasteiger partial charge in [0.2, 0.25) is 5.41 Å². The maximum absolute atomic E-state index is 15.4. The first kappa shape index (κ1) is 38.2. The average Bonchev–Trinajstić information content (AvgIpc) is 3.62. The van der Waals surface area contributed by atoms with Gasteiger partial charge in [0.1, 0.15) is 0 Å². The van der Waals surface area contributed by atoms with Gasteiger partial charge in [-0.25, -0.2) is 9.80 Å². The molecule has 0 fully saturated rings. The van der Waals surface area contributed by atoms with E-state index in [2.05, 4.69) is 23.7 Å². The van der Waals surface area contributed by atoms with Crippen molar-refractivity contribution < 1.29 is 45.5 Å². The van der Waals surface area contributed by atoms with Crippen molar-refractivity contribution >= 4 is 35.0 Å². The third-order valence-corrected chi connectivity index (χ3v) is 9.95. The molecule has 0 N–H and O–H groups in total. The van der Waals surface area contributed by atoms with E-state index in [1.807, 2.05) is 0 Å². The zero-order chi connectivity index (χ0) is 41.7. The number of benzene rings is 6. The van der Waals surface area contributed by atoms with Gasteiger partial charge < -0.3 is 0 Å². The van der Waals surface area contributed by atoms with Gasteiger partial charge in [-0.3, -0.25) is 19.2 Å². The molecular weight excluding hydrogens is 771 g/mol. The van der Waals surface area contributed by atoms with E-state index in [1.165, 1.54) is 36.4 Å². The first-order valence-electron chi connectivity index (χ1n) is 17.7. The topological polar surface area (TPSA) is 74.8 Å². The standard InChI is InChI=1S/C47H24F6N2O4/c48-46(49,50)45(47(51,52)53,33-21-23-37-39(27-33)43(58)54(41(37)56)35-15-7-13-31(25-35)19-17-29-9-3-1-4-10-29)34-22-24-38-40(28-34)44(59)55(42(38)57)36-16-8-14-32(26-36)20-18-30-11-5-2-6-12-30/h1-16,21-28H. The van der Waals surface area contributed by atoms with Crippen LogP contribution in [0.3, 0.4) is 0 Å². The molecule has 12 heteroatoms. The molecule has 2 aliphatic heterocycles. The first-order chi connectivity index (χ1) is 28.2. The highest BCUT2D eigenvalue weighted by Gasteiger charge is 2.73. The number of anilines is 2.